The fourth-order valence-corrected chi connectivity index (χ4v) is 5.25. The second-order valence-electron chi connectivity index (χ2n) is 9.46. The van der Waals surface area contributed by atoms with Crippen LogP contribution < -0.4 is 21.3 Å². The molecule has 1 saturated heterocycles. The Labute approximate surface area is 210 Å². The van der Waals surface area contributed by atoms with Crippen LogP contribution in [0.1, 0.15) is 49.3 Å². The Morgan fingerprint density at radius 3 is 2.78 bits per heavy atom. The van der Waals surface area contributed by atoms with Crippen LogP contribution in [0.4, 0.5) is 14.5 Å². The lowest BCUT2D eigenvalue weighted by molar-refractivity contribution is -0.128. The third-order valence-electron chi connectivity index (χ3n) is 7.15. The normalized spacial score (nSPS) is 20.9. The number of halogens is 2. The monoisotopic (exact) mass is 499 g/mol. The number of fused-ring (bicyclic) bond motifs is 1. The first kappa shape index (κ1) is 25.8. The molecule has 0 saturated carbocycles. The molecule has 1 aromatic rings. The first-order valence-corrected chi connectivity index (χ1v) is 12.4. The highest BCUT2D eigenvalue weighted by Crippen LogP contribution is 2.37. The number of aryl methyl sites for hydroxylation is 1. The number of amides is 1. The predicted molar refractivity (Wildman–Crippen MR) is 140 cm³/mol. The molecule has 3 aliphatic rings. The van der Waals surface area contributed by atoms with Gasteiger partial charge in [-0.3, -0.25) is 15.2 Å². The highest BCUT2D eigenvalue weighted by molar-refractivity contribution is 6.12. The average Bonchev–Trinajstić information content (AvgIpc) is 3.39. The number of amidine groups is 1. The molecule has 194 valence electrons. The number of nitrogens with two attached hydrogens (primary N) is 1. The van der Waals surface area contributed by atoms with E-state index < -0.39 is 6.43 Å². The van der Waals surface area contributed by atoms with Crippen molar-refractivity contribution in [3.05, 3.63) is 46.3 Å². The molecular formula is C26H35F2N7O. The fraction of sp³-hybridized carbons (Fsp3) is 0.500. The summed E-state index contributed by atoms with van der Waals surface area (Å²) in [6, 6.07) is 3.53. The molecule has 1 unspecified atom stereocenters. The Morgan fingerprint density at radius 2 is 2.14 bits per heavy atom. The highest BCUT2D eigenvalue weighted by atomic mass is 19.3. The standard InChI is InChI=1S/C26H35F2N7O/c1-16(36)34-9-6-23(33-19-5-7-32-14-19)22(15-34)26(30)35-8-3-4-17-10-20(18(12-29)13-31-2)21(25(27)28)11-24(17)35/h10-13,19,25,30,32-33H,3-9,14-15,29H2,1-2H3. The molecule has 0 aliphatic carbocycles. The zero-order chi connectivity index (χ0) is 25.8. The smallest absolute Gasteiger partial charge is 0.264 e. The number of carbonyl (C=O) groups excluding carboxylic acids is 1. The van der Waals surface area contributed by atoms with Gasteiger partial charge in [0.25, 0.3) is 6.43 Å². The minimum atomic E-state index is -2.71. The van der Waals surface area contributed by atoms with Crippen molar-refractivity contribution in [1.82, 2.24) is 15.5 Å². The zero-order valence-electron chi connectivity index (χ0n) is 20.9. The van der Waals surface area contributed by atoms with E-state index in [0.29, 0.717) is 49.3 Å². The number of allylic oxidation sites excluding steroid dienone is 1. The summed E-state index contributed by atoms with van der Waals surface area (Å²) in [4.78, 5) is 19.7. The SMILES string of the molecule is CN=CC(=CN)c1cc2c(cc1C(F)F)N(C(=N)C1=C(NC3CCNC3)CCN(C(C)=O)C1)CCC2. The molecule has 8 nitrogen and oxygen atoms in total. The minimum Gasteiger partial charge on any atom is -0.404 e. The van der Waals surface area contributed by atoms with Crippen LogP contribution in [0, 0.1) is 5.41 Å². The number of benzene rings is 1. The van der Waals surface area contributed by atoms with Gasteiger partial charge in [-0.25, -0.2) is 8.78 Å². The van der Waals surface area contributed by atoms with Gasteiger partial charge in [0, 0.05) is 86.6 Å². The van der Waals surface area contributed by atoms with E-state index in [4.69, 9.17) is 5.73 Å². The lowest BCUT2D eigenvalue weighted by atomic mass is 9.91. The number of hydrogen-bond acceptors (Lipinski definition) is 6. The molecule has 5 N–H and O–H groups in total. The van der Waals surface area contributed by atoms with E-state index in [1.165, 1.54) is 25.4 Å². The van der Waals surface area contributed by atoms with Gasteiger partial charge in [0.15, 0.2) is 0 Å². The van der Waals surface area contributed by atoms with E-state index in [1.54, 1.807) is 18.0 Å². The van der Waals surface area contributed by atoms with Crippen molar-refractivity contribution in [3.8, 4) is 0 Å². The maximum Gasteiger partial charge on any atom is 0.264 e. The molecule has 3 heterocycles. The molecule has 1 aromatic carbocycles. The Morgan fingerprint density at radius 1 is 1.33 bits per heavy atom. The van der Waals surface area contributed by atoms with Crippen LogP contribution in [0.3, 0.4) is 0 Å². The highest BCUT2D eigenvalue weighted by Gasteiger charge is 2.31. The molecule has 0 aromatic heterocycles. The summed E-state index contributed by atoms with van der Waals surface area (Å²) in [6.45, 7) is 4.80. The molecule has 0 radical (unpaired) electrons. The Hall–Kier alpha value is -3.27. The summed E-state index contributed by atoms with van der Waals surface area (Å²) in [6.07, 6.45) is 3.19. The average molecular weight is 500 g/mol. The summed E-state index contributed by atoms with van der Waals surface area (Å²) in [7, 11) is 1.57. The number of hydrogen-bond donors (Lipinski definition) is 4. The summed E-state index contributed by atoms with van der Waals surface area (Å²) in [5.41, 5.74) is 9.63. The van der Waals surface area contributed by atoms with Crippen molar-refractivity contribution < 1.29 is 13.6 Å². The van der Waals surface area contributed by atoms with Crippen molar-refractivity contribution in [3.63, 3.8) is 0 Å². The van der Waals surface area contributed by atoms with E-state index in [9.17, 15) is 19.0 Å². The molecule has 3 aliphatic heterocycles. The van der Waals surface area contributed by atoms with Gasteiger partial charge < -0.3 is 26.2 Å². The second kappa shape index (κ2) is 11.2. The molecule has 36 heavy (non-hydrogen) atoms. The van der Waals surface area contributed by atoms with Gasteiger partial charge in [-0.2, -0.15) is 0 Å². The third kappa shape index (κ3) is 5.28. The van der Waals surface area contributed by atoms with Crippen molar-refractivity contribution in [2.75, 3.05) is 44.7 Å². The molecule has 4 rings (SSSR count). The number of carbonyl (C=O) groups is 1. The second-order valence-corrected chi connectivity index (χ2v) is 9.46. The van der Waals surface area contributed by atoms with Gasteiger partial charge in [0.05, 0.1) is 6.54 Å². The van der Waals surface area contributed by atoms with E-state index >= 15 is 0 Å². The molecule has 0 spiro atoms. The van der Waals surface area contributed by atoms with E-state index in [0.717, 1.165) is 42.8 Å². The maximum atomic E-state index is 14.2. The van der Waals surface area contributed by atoms with Gasteiger partial charge in [-0.05, 0) is 49.1 Å². The van der Waals surface area contributed by atoms with Crippen LogP contribution in [0.15, 0.2) is 34.6 Å². The number of aliphatic imine (C=N–C) groups is 1. The van der Waals surface area contributed by atoms with Gasteiger partial charge in [0.2, 0.25) is 5.91 Å². The quantitative estimate of drug-likeness (QED) is 0.356. The number of rotatable bonds is 6. The van der Waals surface area contributed by atoms with Crippen molar-refractivity contribution in [2.24, 2.45) is 10.7 Å². The first-order chi connectivity index (χ1) is 17.3. The number of nitrogens with zero attached hydrogens (tertiary/aromatic N) is 3. The summed E-state index contributed by atoms with van der Waals surface area (Å²) < 4.78 is 28.4. The van der Waals surface area contributed by atoms with Gasteiger partial charge in [-0.1, -0.05) is 0 Å². The largest absolute Gasteiger partial charge is 0.404 e. The molecule has 10 heteroatoms. The third-order valence-corrected chi connectivity index (χ3v) is 7.15. The number of anilines is 1. The molecular weight excluding hydrogens is 464 g/mol. The minimum absolute atomic E-state index is 0.0377. The lowest BCUT2D eigenvalue weighted by Gasteiger charge is -2.38. The molecule has 1 fully saturated rings. The molecule has 0 bridgehead atoms. The Kier molecular flexibility index (Phi) is 8.03. The molecule has 1 amide bonds. The number of nitrogens with one attached hydrogen (secondary N) is 3. The first-order valence-electron chi connectivity index (χ1n) is 12.4. The van der Waals surface area contributed by atoms with Crippen LogP contribution in [0.5, 0.6) is 0 Å². The lowest BCUT2D eigenvalue weighted by Crippen LogP contribution is -2.46. The van der Waals surface area contributed by atoms with Gasteiger partial charge in [-0.15, -0.1) is 0 Å². The van der Waals surface area contributed by atoms with Crippen LogP contribution in [0.25, 0.3) is 5.57 Å². The van der Waals surface area contributed by atoms with Crippen LogP contribution in [0.2, 0.25) is 0 Å². The van der Waals surface area contributed by atoms with Crippen molar-refractivity contribution in [2.45, 2.75) is 45.1 Å². The summed E-state index contributed by atoms with van der Waals surface area (Å²) >= 11 is 0. The van der Waals surface area contributed by atoms with E-state index in [2.05, 4.69) is 15.6 Å². The maximum absolute atomic E-state index is 14.2. The zero-order valence-corrected chi connectivity index (χ0v) is 20.9. The van der Waals surface area contributed by atoms with Crippen LogP contribution in [-0.4, -0.2) is 68.7 Å². The van der Waals surface area contributed by atoms with Crippen molar-refractivity contribution in [1.29, 1.82) is 5.41 Å². The Bertz CT molecular complexity index is 1110. The summed E-state index contributed by atoms with van der Waals surface area (Å²) in [5.74, 6) is 0.220. The predicted octanol–water partition coefficient (Wildman–Crippen LogP) is 2.81. The number of alkyl halides is 2. The fourth-order valence-electron chi connectivity index (χ4n) is 5.25. The Balaban J connectivity index is 1.74. The van der Waals surface area contributed by atoms with Crippen LogP contribution >= 0.6 is 0 Å². The van der Waals surface area contributed by atoms with Gasteiger partial charge >= 0.3 is 0 Å². The van der Waals surface area contributed by atoms with Crippen molar-refractivity contribution >= 4 is 29.2 Å². The van der Waals surface area contributed by atoms with Crippen LogP contribution in [-0.2, 0) is 11.2 Å². The van der Waals surface area contributed by atoms with E-state index in [-0.39, 0.29) is 23.3 Å². The van der Waals surface area contributed by atoms with E-state index in [1.807, 2.05) is 4.90 Å². The topological polar surface area (TPSA) is 110 Å². The summed E-state index contributed by atoms with van der Waals surface area (Å²) in [5, 5.41) is 16.1. The van der Waals surface area contributed by atoms with Gasteiger partial charge in [0.1, 0.15) is 5.84 Å². The molecule has 1 atom stereocenters.